The van der Waals surface area contributed by atoms with E-state index in [-0.39, 0.29) is 0 Å². The molecule has 0 radical (unpaired) electrons. The highest BCUT2D eigenvalue weighted by molar-refractivity contribution is 7.99. The van der Waals surface area contributed by atoms with Gasteiger partial charge in [0.05, 0.1) is 86.6 Å². The number of rotatable bonds is 2. The maximum Gasteiger partial charge on any atom is 0.188 e. The number of ether oxygens (including phenoxy) is 1. The third kappa shape index (κ3) is 4.41. The van der Waals surface area contributed by atoms with Crippen LogP contribution in [-0.2, 0) is 5.41 Å². The van der Waals surface area contributed by atoms with Crippen molar-refractivity contribution in [2.45, 2.75) is 15.2 Å². The van der Waals surface area contributed by atoms with Crippen LogP contribution in [0.4, 0.5) is 22.7 Å². The maximum absolute atomic E-state index is 9.86. The van der Waals surface area contributed by atoms with Crippen LogP contribution in [-0.4, -0.2) is 14.5 Å². The monoisotopic (exact) mass is 771 g/mol. The molecule has 9 aromatic rings. The van der Waals surface area contributed by atoms with E-state index in [4.69, 9.17) is 21.3 Å². The first-order valence-electron chi connectivity index (χ1n) is 19.0. The molecule has 1 atom stereocenters. The molecule has 2 aliphatic heterocycles. The molecule has 1 unspecified atom stereocenters. The molecule has 59 heavy (non-hydrogen) atoms. The molecule has 6 aromatic carbocycles. The predicted octanol–water partition coefficient (Wildman–Crippen LogP) is 12.3. The van der Waals surface area contributed by atoms with Gasteiger partial charge >= 0.3 is 0 Å². The van der Waals surface area contributed by atoms with E-state index in [9.17, 15) is 10.5 Å². The number of aromatic nitrogens is 3. The fraction of sp³-hybridized carbons (Fsp3) is 0.0200. The lowest BCUT2D eigenvalue weighted by Gasteiger charge is -2.41. The molecule has 0 amide bonds. The van der Waals surface area contributed by atoms with Gasteiger partial charge < -0.3 is 14.2 Å². The highest BCUT2D eigenvalue weighted by atomic mass is 32.2. The number of pyridine rings is 2. The quantitative estimate of drug-likeness (QED) is 0.161. The number of anilines is 3. The number of nitriles is 2. The van der Waals surface area contributed by atoms with E-state index in [0.717, 1.165) is 93.7 Å². The Labute approximate surface area is 342 Å². The molecule has 9 heteroatoms. The lowest BCUT2D eigenvalue weighted by atomic mass is 9.66. The van der Waals surface area contributed by atoms with Crippen molar-refractivity contribution in [3.63, 3.8) is 0 Å². The Morgan fingerprint density at radius 1 is 0.627 bits per heavy atom. The van der Waals surface area contributed by atoms with Gasteiger partial charge in [-0.2, -0.15) is 10.5 Å². The molecule has 272 valence electrons. The third-order valence-corrected chi connectivity index (χ3v) is 12.9. The Morgan fingerprint density at radius 3 is 2.12 bits per heavy atom. The molecular weight excluding hydrogens is 747 g/mol. The fourth-order valence-corrected chi connectivity index (χ4v) is 10.5. The zero-order valence-corrected chi connectivity index (χ0v) is 31.7. The van der Waals surface area contributed by atoms with E-state index < -0.39 is 5.41 Å². The van der Waals surface area contributed by atoms with E-state index in [0.29, 0.717) is 22.6 Å². The fourth-order valence-electron chi connectivity index (χ4n) is 9.41. The van der Waals surface area contributed by atoms with Gasteiger partial charge in [-0.1, -0.05) is 66.4 Å². The maximum atomic E-state index is 9.86. The van der Waals surface area contributed by atoms with Crippen LogP contribution in [0.1, 0.15) is 33.4 Å². The van der Waals surface area contributed by atoms with Crippen LogP contribution in [0.3, 0.4) is 0 Å². The summed E-state index contributed by atoms with van der Waals surface area (Å²) < 4.78 is 9.29. The standard InChI is InChI=1S/C50H25N7OS/c1-53-31-17-20-42-46(24-31)59-45-14-5-3-11-41(45)57(42)43-12-6-9-37-49(43)58-44-13-4-2-8-35(44)50(37)36-10-7-21-54-47(36)48-38(50)25-32(28-55-48)56-39-18-15-29(26-51)22-33(39)34-23-30(27-52)16-19-40(34)56/h2-25,28H. The van der Waals surface area contributed by atoms with Crippen molar-refractivity contribution in [2.24, 2.45) is 0 Å². The molecule has 1 aliphatic carbocycles. The molecule has 0 bridgehead atoms. The Hall–Kier alpha value is -8.16. The molecule has 3 aliphatic rings. The van der Waals surface area contributed by atoms with Gasteiger partial charge in [-0.05, 0) is 90.5 Å². The zero-order valence-electron chi connectivity index (χ0n) is 30.9. The van der Waals surface area contributed by atoms with Gasteiger partial charge in [0.25, 0.3) is 0 Å². The van der Waals surface area contributed by atoms with Gasteiger partial charge in [0.1, 0.15) is 5.75 Å². The van der Waals surface area contributed by atoms with Crippen molar-refractivity contribution in [3.8, 4) is 40.7 Å². The summed E-state index contributed by atoms with van der Waals surface area (Å²) in [7, 11) is 0. The topological polar surface area (TPSA) is 95.1 Å². The zero-order chi connectivity index (χ0) is 39.4. The molecule has 0 N–H and O–H groups in total. The second-order valence-electron chi connectivity index (χ2n) is 14.7. The van der Waals surface area contributed by atoms with Gasteiger partial charge in [-0.15, -0.1) is 0 Å². The number of fused-ring (bicyclic) bond motifs is 14. The molecule has 0 saturated carbocycles. The van der Waals surface area contributed by atoms with Crippen molar-refractivity contribution in [1.29, 1.82) is 10.5 Å². The van der Waals surface area contributed by atoms with E-state index in [1.165, 1.54) is 0 Å². The number of hydrogen-bond acceptors (Lipinski definition) is 7. The van der Waals surface area contributed by atoms with Crippen LogP contribution in [0.5, 0.6) is 11.5 Å². The lowest BCUT2D eigenvalue weighted by Crippen LogP contribution is -2.33. The molecule has 0 saturated heterocycles. The molecular formula is C50H25N7OS. The first-order chi connectivity index (χ1) is 29.1. The summed E-state index contributed by atoms with van der Waals surface area (Å²) in [6.07, 6.45) is 3.72. The molecule has 12 rings (SSSR count). The van der Waals surface area contributed by atoms with E-state index in [1.807, 2.05) is 91.3 Å². The summed E-state index contributed by atoms with van der Waals surface area (Å²) in [5.74, 6) is 1.44. The van der Waals surface area contributed by atoms with Crippen molar-refractivity contribution in [3.05, 3.63) is 197 Å². The normalized spacial score (nSPS) is 15.2. The Bertz CT molecular complexity index is 3410. The minimum Gasteiger partial charge on any atom is -0.454 e. The summed E-state index contributed by atoms with van der Waals surface area (Å²) in [6, 6.07) is 51.1. The molecule has 8 nitrogen and oxygen atoms in total. The Morgan fingerprint density at radius 2 is 1.32 bits per heavy atom. The van der Waals surface area contributed by atoms with Crippen LogP contribution < -0.4 is 9.64 Å². The van der Waals surface area contributed by atoms with Gasteiger partial charge in [-0.25, -0.2) is 4.85 Å². The summed E-state index contributed by atoms with van der Waals surface area (Å²) in [6.45, 7) is 7.75. The average molecular weight is 772 g/mol. The Kier molecular flexibility index (Phi) is 6.81. The van der Waals surface area contributed by atoms with E-state index in [1.54, 1.807) is 11.8 Å². The first kappa shape index (κ1) is 33.0. The average Bonchev–Trinajstić information content (AvgIpc) is 3.77. The van der Waals surface area contributed by atoms with Crippen molar-refractivity contribution < 1.29 is 4.74 Å². The highest BCUT2D eigenvalue weighted by Gasteiger charge is 2.53. The van der Waals surface area contributed by atoms with Crippen LogP contribution in [0.2, 0.25) is 0 Å². The predicted molar refractivity (Wildman–Crippen MR) is 228 cm³/mol. The van der Waals surface area contributed by atoms with Crippen molar-refractivity contribution in [2.75, 3.05) is 4.90 Å². The highest BCUT2D eigenvalue weighted by Crippen LogP contribution is 2.64. The van der Waals surface area contributed by atoms with Crippen molar-refractivity contribution >= 4 is 56.3 Å². The SMILES string of the molecule is [C-]#[N+]c1ccc2c(c1)Sc1ccccc1N2c1cccc2c1Oc1ccccc1C21c2cccnc2-c2ncc(-n3c4ccc(C#N)cc4c4cc(C#N)ccc43)cc21. The number of hydrogen-bond donors (Lipinski definition) is 0. The lowest BCUT2D eigenvalue weighted by molar-refractivity contribution is 0.437. The summed E-state index contributed by atoms with van der Waals surface area (Å²) in [4.78, 5) is 18.3. The molecule has 0 fully saturated rings. The summed E-state index contributed by atoms with van der Waals surface area (Å²) in [5.41, 5.74) is 11.8. The first-order valence-corrected chi connectivity index (χ1v) is 19.8. The van der Waals surface area contributed by atoms with Gasteiger partial charge in [-0.3, -0.25) is 9.97 Å². The minimum absolute atomic E-state index is 0.544. The van der Waals surface area contributed by atoms with E-state index >= 15 is 0 Å². The van der Waals surface area contributed by atoms with Crippen LogP contribution in [0, 0.1) is 29.2 Å². The number of para-hydroxylation sites is 3. The largest absolute Gasteiger partial charge is 0.454 e. The van der Waals surface area contributed by atoms with Gasteiger partial charge in [0.15, 0.2) is 11.4 Å². The summed E-state index contributed by atoms with van der Waals surface area (Å²) >= 11 is 1.67. The van der Waals surface area contributed by atoms with Gasteiger partial charge in [0.2, 0.25) is 0 Å². The third-order valence-electron chi connectivity index (χ3n) is 11.8. The van der Waals surface area contributed by atoms with E-state index in [2.05, 4.69) is 87.1 Å². The minimum atomic E-state index is -0.885. The Balaban J connectivity index is 1.16. The summed E-state index contributed by atoms with van der Waals surface area (Å²) in [5, 5.41) is 21.5. The number of nitrogens with zero attached hydrogens (tertiary/aromatic N) is 7. The van der Waals surface area contributed by atoms with Crippen LogP contribution >= 0.6 is 11.8 Å². The van der Waals surface area contributed by atoms with Crippen molar-refractivity contribution in [1.82, 2.24) is 14.5 Å². The van der Waals surface area contributed by atoms with Crippen LogP contribution in [0.25, 0.3) is 43.7 Å². The molecule has 3 aromatic heterocycles. The second-order valence-corrected chi connectivity index (χ2v) is 15.8. The van der Waals surface area contributed by atoms with Crippen LogP contribution in [0.15, 0.2) is 162 Å². The molecule has 5 heterocycles. The van der Waals surface area contributed by atoms with Gasteiger partial charge in [0, 0.05) is 43.5 Å². The second kappa shape index (κ2) is 12.2. The molecule has 1 spiro atoms. The number of benzene rings is 6. The smallest absolute Gasteiger partial charge is 0.188 e.